The first-order valence-corrected chi connectivity index (χ1v) is 5.21. The fourth-order valence-electron chi connectivity index (χ4n) is 0.989. The van der Waals surface area contributed by atoms with Gasteiger partial charge >= 0.3 is 0 Å². The average Bonchev–Trinajstić information content (AvgIpc) is 2.16. The summed E-state index contributed by atoms with van der Waals surface area (Å²) < 4.78 is 30.1. The Morgan fingerprint density at radius 1 is 1.38 bits per heavy atom. The van der Waals surface area contributed by atoms with Crippen LogP contribution in [0.3, 0.4) is 0 Å². The maximum atomic E-state index is 10.7. The third-order valence-corrected chi connectivity index (χ3v) is 2.50. The minimum absolute atomic E-state index is 0.153. The summed E-state index contributed by atoms with van der Waals surface area (Å²) in [5.74, 6) is 0. The Balaban J connectivity index is 3.34. The van der Waals surface area contributed by atoms with E-state index in [0.717, 1.165) is 12.1 Å². The molecular formula is C6H7N3O6S. The smallest absolute Gasteiger partial charge is 0.295 e. The van der Waals surface area contributed by atoms with E-state index in [-0.39, 0.29) is 5.69 Å². The van der Waals surface area contributed by atoms with E-state index in [9.17, 15) is 18.5 Å². The summed E-state index contributed by atoms with van der Waals surface area (Å²) >= 11 is 0. The summed E-state index contributed by atoms with van der Waals surface area (Å²) in [6.07, 6.45) is 0. The molecule has 9 nitrogen and oxygen atoms in total. The Hall–Kier alpha value is -1.75. The predicted octanol–water partition coefficient (Wildman–Crippen LogP) is 0.147. The largest absolute Gasteiger partial charge is 0.297 e. The standard InChI is InChI=1S/C6H7N3O6S/c10-8-7-5-2-1-4(16(13,14)15)3-6(5)9(11)12/h1-3,7-8,10H,(H,13,14,15). The van der Waals surface area contributed by atoms with E-state index >= 15 is 0 Å². The molecule has 88 valence electrons. The van der Waals surface area contributed by atoms with Gasteiger partial charge in [-0.15, -0.1) is 5.59 Å². The Morgan fingerprint density at radius 2 is 2.00 bits per heavy atom. The van der Waals surface area contributed by atoms with Crippen molar-refractivity contribution in [1.82, 2.24) is 5.59 Å². The van der Waals surface area contributed by atoms with E-state index in [2.05, 4.69) is 0 Å². The molecule has 0 aliphatic rings. The Labute approximate surface area is 89.5 Å². The maximum Gasteiger partial charge on any atom is 0.295 e. The van der Waals surface area contributed by atoms with Crippen LogP contribution in [0.4, 0.5) is 11.4 Å². The summed E-state index contributed by atoms with van der Waals surface area (Å²) in [6, 6.07) is 2.63. The van der Waals surface area contributed by atoms with Gasteiger partial charge in [-0.1, -0.05) is 0 Å². The van der Waals surface area contributed by atoms with E-state index in [1.165, 1.54) is 5.59 Å². The number of nitro benzene ring substituents is 1. The minimum Gasteiger partial charge on any atom is -0.297 e. The summed E-state index contributed by atoms with van der Waals surface area (Å²) in [5, 5.41) is 18.9. The number of hydrogen-bond donors (Lipinski definition) is 4. The number of benzene rings is 1. The zero-order valence-corrected chi connectivity index (χ0v) is 8.43. The molecule has 0 atom stereocenters. The van der Waals surface area contributed by atoms with Crippen LogP contribution in [0.1, 0.15) is 0 Å². The molecule has 0 heterocycles. The van der Waals surface area contributed by atoms with Gasteiger partial charge in [-0.25, -0.2) is 0 Å². The zero-order chi connectivity index (χ0) is 12.3. The van der Waals surface area contributed by atoms with Crippen molar-refractivity contribution in [2.45, 2.75) is 4.90 Å². The van der Waals surface area contributed by atoms with Gasteiger partial charge in [0.15, 0.2) is 0 Å². The fourth-order valence-corrected chi connectivity index (χ4v) is 1.49. The van der Waals surface area contributed by atoms with Gasteiger partial charge in [0.05, 0.1) is 4.92 Å². The van der Waals surface area contributed by atoms with Crippen molar-refractivity contribution in [3.63, 3.8) is 0 Å². The van der Waals surface area contributed by atoms with E-state index in [4.69, 9.17) is 9.76 Å². The zero-order valence-electron chi connectivity index (χ0n) is 7.61. The van der Waals surface area contributed by atoms with Crippen molar-refractivity contribution in [3.8, 4) is 0 Å². The molecule has 0 saturated carbocycles. The first kappa shape index (κ1) is 12.3. The number of nitrogens with one attached hydrogen (secondary N) is 2. The van der Waals surface area contributed by atoms with Crippen LogP contribution >= 0.6 is 0 Å². The predicted molar refractivity (Wildman–Crippen MR) is 51.5 cm³/mol. The van der Waals surface area contributed by atoms with Crippen molar-refractivity contribution in [2.75, 3.05) is 5.43 Å². The lowest BCUT2D eigenvalue weighted by atomic mass is 10.3. The van der Waals surface area contributed by atoms with Gasteiger partial charge in [0.2, 0.25) is 0 Å². The number of rotatable bonds is 4. The molecule has 0 fully saturated rings. The van der Waals surface area contributed by atoms with Gasteiger partial charge < -0.3 is 0 Å². The molecule has 0 spiro atoms. The van der Waals surface area contributed by atoms with Crippen LogP contribution in [0.25, 0.3) is 0 Å². The molecule has 0 aliphatic heterocycles. The number of hydrazine groups is 1. The summed E-state index contributed by atoms with van der Waals surface area (Å²) in [6.45, 7) is 0. The molecule has 0 aromatic heterocycles. The number of nitrogens with zero attached hydrogens (tertiary/aromatic N) is 1. The highest BCUT2D eigenvalue weighted by Gasteiger charge is 2.19. The topological polar surface area (TPSA) is 142 Å². The quantitative estimate of drug-likeness (QED) is 0.335. The highest BCUT2D eigenvalue weighted by atomic mass is 32.2. The van der Waals surface area contributed by atoms with E-state index < -0.39 is 25.6 Å². The van der Waals surface area contributed by atoms with Gasteiger partial charge in [0, 0.05) is 6.07 Å². The van der Waals surface area contributed by atoms with E-state index in [1.807, 2.05) is 5.43 Å². The fraction of sp³-hybridized carbons (Fsp3) is 0. The SMILES string of the molecule is O=[N+]([O-])c1cc(S(=O)(=O)O)ccc1NNO. The minimum atomic E-state index is -4.51. The molecule has 16 heavy (non-hydrogen) atoms. The molecule has 4 N–H and O–H groups in total. The number of anilines is 1. The molecule has 1 rings (SSSR count). The van der Waals surface area contributed by atoms with Crippen LogP contribution in [0, 0.1) is 10.1 Å². The Morgan fingerprint density at radius 3 is 2.44 bits per heavy atom. The molecule has 0 saturated heterocycles. The second-order valence-corrected chi connectivity index (χ2v) is 4.07. The summed E-state index contributed by atoms with van der Waals surface area (Å²) in [4.78, 5) is 9.08. The Bertz CT molecular complexity index is 513. The second-order valence-electron chi connectivity index (χ2n) is 2.65. The van der Waals surface area contributed by atoms with Crippen LogP contribution in [0.5, 0.6) is 0 Å². The Kier molecular flexibility index (Phi) is 3.39. The average molecular weight is 249 g/mol. The molecule has 0 radical (unpaired) electrons. The van der Waals surface area contributed by atoms with Crippen molar-refractivity contribution in [1.29, 1.82) is 0 Å². The molecule has 0 aliphatic carbocycles. The van der Waals surface area contributed by atoms with Gasteiger partial charge in [-0.3, -0.25) is 25.3 Å². The molecule has 1 aromatic carbocycles. The highest BCUT2D eigenvalue weighted by molar-refractivity contribution is 7.85. The maximum absolute atomic E-state index is 10.7. The first-order chi connectivity index (χ1) is 7.36. The van der Waals surface area contributed by atoms with Crippen LogP contribution in [-0.2, 0) is 10.1 Å². The van der Waals surface area contributed by atoms with Crippen LogP contribution in [-0.4, -0.2) is 23.1 Å². The molecule has 0 bridgehead atoms. The lowest BCUT2D eigenvalue weighted by molar-refractivity contribution is -0.384. The third kappa shape index (κ3) is 2.64. The summed E-state index contributed by atoms with van der Waals surface area (Å²) in [5.41, 5.74) is 2.73. The highest BCUT2D eigenvalue weighted by Crippen LogP contribution is 2.26. The van der Waals surface area contributed by atoms with Crippen molar-refractivity contribution in [3.05, 3.63) is 28.3 Å². The van der Waals surface area contributed by atoms with Gasteiger partial charge in [-0.2, -0.15) is 8.42 Å². The van der Waals surface area contributed by atoms with Crippen LogP contribution in [0.15, 0.2) is 23.1 Å². The molecule has 1 aromatic rings. The summed E-state index contributed by atoms with van der Waals surface area (Å²) in [7, 11) is -4.51. The monoisotopic (exact) mass is 249 g/mol. The van der Waals surface area contributed by atoms with Crippen molar-refractivity contribution >= 4 is 21.5 Å². The van der Waals surface area contributed by atoms with Crippen LogP contribution in [0.2, 0.25) is 0 Å². The van der Waals surface area contributed by atoms with Gasteiger partial charge in [0.1, 0.15) is 10.6 Å². The lowest BCUT2D eigenvalue weighted by Gasteiger charge is -2.05. The molecular weight excluding hydrogens is 242 g/mol. The second kappa shape index (κ2) is 4.40. The molecule has 0 amide bonds. The molecule has 10 heteroatoms. The van der Waals surface area contributed by atoms with E-state index in [1.54, 1.807) is 0 Å². The van der Waals surface area contributed by atoms with Crippen LogP contribution < -0.4 is 11.0 Å². The first-order valence-electron chi connectivity index (χ1n) is 3.77. The normalized spacial score (nSPS) is 11.1. The number of nitro groups is 1. The number of hydrogen-bond acceptors (Lipinski definition) is 7. The van der Waals surface area contributed by atoms with Crippen molar-refractivity contribution in [2.24, 2.45) is 0 Å². The molecule has 0 unspecified atom stereocenters. The van der Waals surface area contributed by atoms with Gasteiger partial charge in [0.25, 0.3) is 15.8 Å². The van der Waals surface area contributed by atoms with Gasteiger partial charge in [-0.05, 0) is 12.1 Å². The lowest BCUT2D eigenvalue weighted by Crippen LogP contribution is -2.17. The van der Waals surface area contributed by atoms with Crippen molar-refractivity contribution < 1.29 is 23.1 Å². The van der Waals surface area contributed by atoms with E-state index in [0.29, 0.717) is 6.07 Å². The third-order valence-electron chi connectivity index (χ3n) is 1.65.